The van der Waals surface area contributed by atoms with Crippen LogP contribution in [-0.2, 0) is 6.54 Å². The van der Waals surface area contributed by atoms with Crippen molar-refractivity contribution in [3.05, 3.63) is 59.9 Å². The molecule has 0 heterocycles. The van der Waals surface area contributed by atoms with Gasteiger partial charge in [-0.15, -0.1) is 0 Å². The summed E-state index contributed by atoms with van der Waals surface area (Å²) in [5, 5.41) is 8.76. The number of nitrogen functional groups attached to an aromatic ring is 1. The van der Waals surface area contributed by atoms with E-state index in [2.05, 4.69) is 6.07 Å². The maximum Gasteiger partial charge on any atom is 0.125 e. The molecule has 3 nitrogen and oxygen atoms in total. The molecular weight excluding hydrogens is 253 g/mol. The predicted molar refractivity (Wildman–Crippen MR) is 78.5 cm³/mol. The number of nitrogens with zero attached hydrogens (tertiary/aromatic N) is 2. The molecule has 0 saturated heterocycles. The second-order valence-electron chi connectivity index (χ2n) is 4.56. The molecule has 0 atom stereocenters. The number of rotatable bonds is 5. The Bertz CT molecular complexity index is 585. The summed E-state index contributed by atoms with van der Waals surface area (Å²) >= 11 is 0. The van der Waals surface area contributed by atoms with Crippen molar-refractivity contribution >= 4 is 11.4 Å². The molecular formula is C16H16FN3. The van der Waals surface area contributed by atoms with Gasteiger partial charge in [-0.3, -0.25) is 0 Å². The van der Waals surface area contributed by atoms with Gasteiger partial charge < -0.3 is 10.6 Å². The van der Waals surface area contributed by atoms with Gasteiger partial charge in [-0.2, -0.15) is 5.26 Å². The summed E-state index contributed by atoms with van der Waals surface area (Å²) in [6, 6.07) is 16.4. The first-order chi connectivity index (χ1) is 9.69. The zero-order valence-corrected chi connectivity index (χ0v) is 11.1. The summed E-state index contributed by atoms with van der Waals surface area (Å²) in [5.41, 5.74) is 7.87. The number of nitriles is 1. The van der Waals surface area contributed by atoms with Crippen LogP contribution in [-0.4, -0.2) is 6.54 Å². The summed E-state index contributed by atoms with van der Waals surface area (Å²) in [6.45, 7) is 1.12. The molecule has 0 aromatic heterocycles. The van der Waals surface area contributed by atoms with E-state index >= 15 is 0 Å². The Morgan fingerprint density at radius 3 is 2.55 bits per heavy atom. The van der Waals surface area contributed by atoms with Crippen molar-refractivity contribution in [1.82, 2.24) is 0 Å². The number of hydrogen-bond donors (Lipinski definition) is 1. The molecule has 102 valence electrons. The topological polar surface area (TPSA) is 53.0 Å². The van der Waals surface area contributed by atoms with Crippen LogP contribution < -0.4 is 10.6 Å². The number of hydrogen-bond acceptors (Lipinski definition) is 3. The fourth-order valence-electron chi connectivity index (χ4n) is 2.11. The molecule has 0 saturated carbocycles. The Balaban J connectivity index is 2.21. The van der Waals surface area contributed by atoms with Gasteiger partial charge in [0.15, 0.2) is 0 Å². The quantitative estimate of drug-likeness (QED) is 0.847. The summed E-state index contributed by atoms with van der Waals surface area (Å²) in [6.07, 6.45) is 0.416. The first-order valence-corrected chi connectivity index (χ1v) is 6.41. The average molecular weight is 269 g/mol. The number of halogens is 1. The fraction of sp³-hybridized carbons (Fsp3) is 0.188. The molecule has 0 amide bonds. The van der Waals surface area contributed by atoms with Gasteiger partial charge in [0.05, 0.1) is 12.5 Å². The van der Waals surface area contributed by atoms with Crippen molar-refractivity contribution in [2.45, 2.75) is 13.0 Å². The normalized spacial score (nSPS) is 10.0. The lowest BCUT2D eigenvalue weighted by atomic mass is 10.1. The van der Waals surface area contributed by atoms with E-state index in [0.29, 0.717) is 25.2 Å². The molecule has 0 bridgehead atoms. The molecule has 20 heavy (non-hydrogen) atoms. The maximum absolute atomic E-state index is 13.4. The average Bonchev–Trinajstić information content (AvgIpc) is 2.43. The molecule has 2 rings (SSSR count). The molecule has 2 N–H and O–H groups in total. The van der Waals surface area contributed by atoms with Crippen molar-refractivity contribution in [2.75, 3.05) is 17.2 Å². The van der Waals surface area contributed by atoms with Crippen LogP contribution in [0.4, 0.5) is 15.8 Å². The Morgan fingerprint density at radius 1 is 1.15 bits per heavy atom. The molecule has 0 fully saturated rings. The zero-order chi connectivity index (χ0) is 14.4. The lowest BCUT2D eigenvalue weighted by Crippen LogP contribution is -2.23. The highest BCUT2D eigenvalue weighted by atomic mass is 19.1. The predicted octanol–water partition coefficient (Wildman–Crippen LogP) is 3.33. The Kier molecular flexibility index (Phi) is 4.56. The fourth-order valence-corrected chi connectivity index (χ4v) is 2.11. The van der Waals surface area contributed by atoms with Crippen LogP contribution in [0.5, 0.6) is 0 Å². The third kappa shape index (κ3) is 3.72. The van der Waals surface area contributed by atoms with E-state index in [0.717, 1.165) is 11.3 Å². The minimum atomic E-state index is -0.340. The van der Waals surface area contributed by atoms with Crippen molar-refractivity contribution < 1.29 is 4.39 Å². The molecule has 2 aromatic rings. The van der Waals surface area contributed by atoms with Crippen LogP contribution in [0.1, 0.15) is 12.0 Å². The van der Waals surface area contributed by atoms with Crippen molar-refractivity contribution in [3.8, 4) is 6.07 Å². The van der Waals surface area contributed by atoms with Crippen LogP contribution in [0, 0.1) is 17.1 Å². The number of anilines is 2. The van der Waals surface area contributed by atoms with Gasteiger partial charge in [0.1, 0.15) is 5.82 Å². The molecule has 0 unspecified atom stereocenters. The summed E-state index contributed by atoms with van der Waals surface area (Å²) in [7, 11) is 0. The van der Waals surface area contributed by atoms with E-state index in [4.69, 9.17) is 11.0 Å². The summed E-state index contributed by atoms with van der Waals surface area (Å²) in [4.78, 5) is 2.04. The molecule has 4 heteroatoms. The van der Waals surface area contributed by atoms with E-state index in [1.165, 1.54) is 12.1 Å². The highest BCUT2D eigenvalue weighted by Gasteiger charge is 2.08. The van der Waals surface area contributed by atoms with E-state index < -0.39 is 0 Å². The van der Waals surface area contributed by atoms with Crippen LogP contribution in [0.15, 0.2) is 48.5 Å². The van der Waals surface area contributed by atoms with E-state index in [1.54, 1.807) is 6.07 Å². The van der Waals surface area contributed by atoms with Crippen LogP contribution in [0.3, 0.4) is 0 Å². The molecule has 2 aromatic carbocycles. The molecule has 0 aliphatic rings. The van der Waals surface area contributed by atoms with E-state index in [-0.39, 0.29) is 5.82 Å². The molecule has 0 aliphatic carbocycles. The van der Waals surface area contributed by atoms with Crippen molar-refractivity contribution in [2.24, 2.45) is 0 Å². The standard InChI is InChI=1S/C16H16FN3/c17-14-9-13(10-15(19)11-14)12-20(8-4-7-18)16-5-2-1-3-6-16/h1-3,5-6,9-11H,4,8,12,19H2. The highest BCUT2D eigenvalue weighted by molar-refractivity contribution is 5.48. The first kappa shape index (κ1) is 13.9. The van der Waals surface area contributed by atoms with E-state index in [1.807, 2.05) is 35.2 Å². The van der Waals surface area contributed by atoms with Gasteiger partial charge in [-0.05, 0) is 35.9 Å². The maximum atomic E-state index is 13.4. The lowest BCUT2D eigenvalue weighted by molar-refractivity contribution is 0.625. The minimum absolute atomic E-state index is 0.340. The van der Waals surface area contributed by atoms with Crippen LogP contribution in [0.2, 0.25) is 0 Å². The van der Waals surface area contributed by atoms with Gasteiger partial charge in [-0.1, -0.05) is 18.2 Å². The van der Waals surface area contributed by atoms with Crippen molar-refractivity contribution in [3.63, 3.8) is 0 Å². The van der Waals surface area contributed by atoms with Crippen LogP contribution in [0.25, 0.3) is 0 Å². The molecule has 0 aliphatic heterocycles. The monoisotopic (exact) mass is 269 g/mol. The summed E-state index contributed by atoms with van der Waals surface area (Å²) < 4.78 is 13.4. The van der Waals surface area contributed by atoms with Gasteiger partial charge in [0, 0.05) is 24.5 Å². The minimum Gasteiger partial charge on any atom is -0.399 e. The second kappa shape index (κ2) is 6.58. The number of benzene rings is 2. The smallest absolute Gasteiger partial charge is 0.125 e. The number of nitrogens with two attached hydrogens (primary N) is 1. The van der Waals surface area contributed by atoms with Gasteiger partial charge in [0.2, 0.25) is 0 Å². The Morgan fingerprint density at radius 2 is 1.90 bits per heavy atom. The third-order valence-electron chi connectivity index (χ3n) is 2.97. The Labute approximate surface area is 118 Å². The first-order valence-electron chi connectivity index (χ1n) is 6.41. The Hall–Kier alpha value is -2.54. The lowest BCUT2D eigenvalue weighted by Gasteiger charge is -2.24. The van der Waals surface area contributed by atoms with Gasteiger partial charge in [-0.25, -0.2) is 4.39 Å². The number of para-hydroxylation sites is 1. The highest BCUT2D eigenvalue weighted by Crippen LogP contribution is 2.19. The summed E-state index contributed by atoms with van der Waals surface area (Å²) in [5.74, 6) is -0.340. The molecule has 0 radical (unpaired) electrons. The zero-order valence-electron chi connectivity index (χ0n) is 11.1. The van der Waals surface area contributed by atoms with E-state index in [9.17, 15) is 4.39 Å². The second-order valence-corrected chi connectivity index (χ2v) is 4.56. The largest absolute Gasteiger partial charge is 0.399 e. The van der Waals surface area contributed by atoms with Crippen molar-refractivity contribution in [1.29, 1.82) is 5.26 Å². The van der Waals surface area contributed by atoms with Gasteiger partial charge in [0.25, 0.3) is 0 Å². The van der Waals surface area contributed by atoms with Crippen LogP contribution >= 0.6 is 0 Å². The SMILES string of the molecule is N#CCCN(Cc1cc(N)cc(F)c1)c1ccccc1. The molecule has 0 spiro atoms. The third-order valence-corrected chi connectivity index (χ3v) is 2.97. The van der Waals surface area contributed by atoms with Gasteiger partial charge >= 0.3 is 0 Å².